The number of tetrazole rings is 1. The molecule has 3 heterocycles. The van der Waals surface area contributed by atoms with Gasteiger partial charge >= 0.3 is 12.1 Å². The van der Waals surface area contributed by atoms with Crippen molar-refractivity contribution in [1.82, 2.24) is 30.6 Å². The van der Waals surface area contributed by atoms with Gasteiger partial charge in [0.1, 0.15) is 17.6 Å². The summed E-state index contributed by atoms with van der Waals surface area (Å²) >= 11 is 0. The predicted molar refractivity (Wildman–Crippen MR) is 122 cm³/mol. The number of H-pyrrole nitrogens is 1. The van der Waals surface area contributed by atoms with E-state index in [9.17, 15) is 22.0 Å². The van der Waals surface area contributed by atoms with Crippen molar-refractivity contribution in [3.8, 4) is 22.5 Å². The van der Waals surface area contributed by atoms with Gasteiger partial charge in [-0.1, -0.05) is 48.5 Å². The lowest BCUT2D eigenvalue weighted by Crippen LogP contribution is -2.54. The van der Waals surface area contributed by atoms with Crippen molar-refractivity contribution in [3.05, 3.63) is 77.8 Å². The van der Waals surface area contributed by atoms with E-state index < -0.39 is 23.9 Å². The summed E-state index contributed by atoms with van der Waals surface area (Å²) in [5.41, 5.74) is 2.40. The molecule has 2 aromatic carbocycles. The monoisotopic (exact) mass is 501 g/mol. The zero-order chi connectivity index (χ0) is 25.7. The third-order valence-electron chi connectivity index (χ3n) is 6.05. The van der Waals surface area contributed by atoms with E-state index in [0.717, 1.165) is 16.7 Å². The van der Waals surface area contributed by atoms with Crippen molar-refractivity contribution in [2.24, 2.45) is 4.99 Å². The van der Waals surface area contributed by atoms with Crippen LogP contribution in [0.15, 0.2) is 77.2 Å². The fraction of sp³-hybridized carbons (Fsp3) is 0.250. The molecule has 5 rings (SSSR count). The third-order valence-corrected chi connectivity index (χ3v) is 6.05. The molecule has 0 fully saturated rings. The Morgan fingerprint density at radius 1 is 0.972 bits per heavy atom. The molecule has 2 aliphatic rings. The molecule has 0 amide bonds. The lowest BCUT2D eigenvalue weighted by atomic mass is 9.94. The maximum Gasteiger partial charge on any atom is 0.459 e. The van der Waals surface area contributed by atoms with Crippen LogP contribution in [-0.4, -0.2) is 61.5 Å². The van der Waals surface area contributed by atoms with Crippen molar-refractivity contribution >= 4 is 5.71 Å². The van der Waals surface area contributed by atoms with Crippen molar-refractivity contribution in [3.63, 3.8) is 0 Å². The number of benzene rings is 2. The van der Waals surface area contributed by atoms with E-state index in [2.05, 4.69) is 25.6 Å². The fourth-order valence-corrected chi connectivity index (χ4v) is 4.46. The number of fused-ring (bicyclic) bond motifs is 1. The zero-order valence-corrected chi connectivity index (χ0v) is 19.1. The van der Waals surface area contributed by atoms with Crippen LogP contribution < -0.4 is 0 Å². The van der Waals surface area contributed by atoms with Crippen molar-refractivity contribution in [2.75, 3.05) is 7.05 Å². The lowest BCUT2D eigenvalue weighted by Gasteiger charge is -2.38. The Kier molecular flexibility index (Phi) is 5.61. The highest BCUT2D eigenvalue weighted by Crippen LogP contribution is 2.43. The average molecular weight is 501 g/mol. The Bertz CT molecular complexity index is 1360. The molecule has 0 radical (unpaired) electrons. The normalized spacial score (nSPS) is 18.1. The van der Waals surface area contributed by atoms with Crippen LogP contribution in [0, 0.1) is 0 Å². The van der Waals surface area contributed by atoms with E-state index in [1.54, 1.807) is 44.4 Å². The van der Waals surface area contributed by atoms with E-state index in [0.29, 0.717) is 17.0 Å². The highest BCUT2D eigenvalue weighted by atomic mass is 19.4. The van der Waals surface area contributed by atoms with Crippen LogP contribution in [0.4, 0.5) is 22.0 Å². The number of halogens is 5. The van der Waals surface area contributed by atoms with Crippen LogP contribution in [0.25, 0.3) is 22.5 Å². The van der Waals surface area contributed by atoms with E-state index >= 15 is 0 Å². The Hall–Kier alpha value is -4.09. The van der Waals surface area contributed by atoms with Gasteiger partial charge in [-0.2, -0.15) is 27.2 Å². The third kappa shape index (κ3) is 4.01. The van der Waals surface area contributed by atoms with Crippen LogP contribution >= 0.6 is 0 Å². The first kappa shape index (κ1) is 23.6. The second-order valence-electron chi connectivity index (χ2n) is 8.56. The van der Waals surface area contributed by atoms with E-state index in [-0.39, 0.29) is 12.2 Å². The number of hydrazine groups is 1. The molecule has 0 aliphatic carbocycles. The molecule has 0 saturated heterocycles. The summed E-state index contributed by atoms with van der Waals surface area (Å²) in [5, 5.41) is 16.9. The molecule has 1 unspecified atom stereocenters. The second-order valence-corrected chi connectivity index (χ2v) is 8.56. The molecule has 3 aromatic rings. The number of hydrogen-bond acceptors (Lipinski definition) is 6. The highest BCUT2D eigenvalue weighted by molar-refractivity contribution is 5.99. The quantitative estimate of drug-likeness (QED) is 0.498. The van der Waals surface area contributed by atoms with Crippen molar-refractivity contribution in [2.45, 2.75) is 31.5 Å². The average Bonchev–Trinajstić information content (AvgIpc) is 3.48. The lowest BCUT2D eigenvalue weighted by molar-refractivity contribution is -0.250. The summed E-state index contributed by atoms with van der Waals surface area (Å²) in [6.07, 6.45) is -2.72. The molecular weight excluding hydrogens is 481 g/mol. The van der Waals surface area contributed by atoms with E-state index in [1.165, 1.54) is 16.1 Å². The minimum Gasteiger partial charge on any atom is -0.293 e. The molecular formula is C24H20F5N7. The second kappa shape index (κ2) is 8.54. The van der Waals surface area contributed by atoms with Crippen LogP contribution in [-0.2, 0) is 6.42 Å². The first-order chi connectivity index (χ1) is 17.1. The molecule has 1 N–H and O–H groups in total. The van der Waals surface area contributed by atoms with Gasteiger partial charge in [0.15, 0.2) is 0 Å². The topological polar surface area (TPSA) is 73.3 Å². The summed E-state index contributed by atoms with van der Waals surface area (Å²) in [6, 6.07) is 13.1. The molecule has 186 valence electrons. The molecule has 1 aromatic heterocycles. The number of allylic oxidation sites excluding steroid dienone is 2. The van der Waals surface area contributed by atoms with Gasteiger partial charge in [-0.25, -0.2) is 4.99 Å². The summed E-state index contributed by atoms with van der Waals surface area (Å²) in [6.45, 7) is 1.72. The van der Waals surface area contributed by atoms with Gasteiger partial charge in [0.05, 0.1) is 0 Å². The molecule has 7 nitrogen and oxygen atoms in total. The number of aromatic nitrogens is 4. The zero-order valence-electron chi connectivity index (χ0n) is 19.1. The number of aromatic amines is 1. The van der Waals surface area contributed by atoms with Gasteiger partial charge in [0.2, 0.25) is 5.82 Å². The van der Waals surface area contributed by atoms with Crippen molar-refractivity contribution < 1.29 is 22.0 Å². The Labute approximate surface area is 202 Å². The highest BCUT2D eigenvalue weighted by Gasteiger charge is 2.65. The van der Waals surface area contributed by atoms with Gasteiger partial charge in [-0.15, -0.1) is 10.2 Å². The van der Waals surface area contributed by atoms with Crippen LogP contribution in [0.2, 0.25) is 0 Å². The molecule has 1 atom stereocenters. The molecule has 0 bridgehead atoms. The van der Waals surface area contributed by atoms with E-state index in [1.807, 2.05) is 24.3 Å². The Morgan fingerprint density at radius 3 is 2.31 bits per heavy atom. The van der Waals surface area contributed by atoms with Gasteiger partial charge < -0.3 is 0 Å². The first-order valence-electron chi connectivity index (χ1n) is 10.9. The largest absolute Gasteiger partial charge is 0.459 e. The molecule has 0 spiro atoms. The summed E-state index contributed by atoms with van der Waals surface area (Å²) < 4.78 is 69.1. The number of aliphatic imine (C=N–C) groups is 1. The van der Waals surface area contributed by atoms with Gasteiger partial charge in [0.25, 0.3) is 0 Å². The standard InChI is InChI=1S/C24H20F5N7/c1-14-11-20-30-21(23(25,26)24(27,28)29)19(36(20)35(2)13-14)12-15-7-9-16(10-8-15)17-5-3-4-6-18(17)22-31-33-34-32-22/h3-11,13,19H,12H2,1-2H3,(H,31,32,33,34). The van der Waals surface area contributed by atoms with Crippen LogP contribution in [0.3, 0.4) is 0 Å². The van der Waals surface area contributed by atoms with Crippen molar-refractivity contribution in [1.29, 1.82) is 0 Å². The van der Waals surface area contributed by atoms with Crippen LogP contribution in [0.5, 0.6) is 0 Å². The summed E-state index contributed by atoms with van der Waals surface area (Å²) in [7, 11) is 1.59. The Balaban J connectivity index is 1.48. The van der Waals surface area contributed by atoms with E-state index in [4.69, 9.17) is 0 Å². The van der Waals surface area contributed by atoms with Gasteiger partial charge in [-0.3, -0.25) is 10.0 Å². The number of nitrogens with zero attached hydrogens (tertiary/aromatic N) is 6. The molecule has 2 aliphatic heterocycles. The molecule has 36 heavy (non-hydrogen) atoms. The predicted octanol–water partition coefficient (Wildman–Crippen LogP) is 5.00. The fourth-order valence-electron chi connectivity index (χ4n) is 4.46. The van der Waals surface area contributed by atoms with Crippen LogP contribution in [0.1, 0.15) is 12.5 Å². The number of alkyl halides is 5. The maximum atomic E-state index is 14.6. The number of rotatable bonds is 5. The SMILES string of the molecule is CC1=CN(C)N2C(=C1)N=C(C(F)(F)C(F)(F)F)C2Cc1ccc(-c2ccccc2-c2nn[nH]n2)cc1. The smallest absolute Gasteiger partial charge is 0.293 e. The summed E-state index contributed by atoms with van der Waals surface area (Å²) in [5.74, 6) is -4.62. The summed E-state index contributed by atoms with van der Waals surface area (Å²) in [4.78, 5) is 3.76. The number of hydrogen-bond donors (Lipinski definition) is 1. The minimum atomic E-state index is -5.76. The first-order valence-corrected chi connectivity index (χ1v) is 10.9. The minimum absolute atomic E-state index is 0.0482. The molecule has 12 heteroatoms. The Morgan fingerprint density at radius 2 is 1.67 bits per heavy atom. The van der Waals surface area contributed by atoms with Gasteiger partial charge in [0, 0.05) is 25.2 Å². The maximum absolute atomic E-state index is 14.6. The number of nitrogens with one attached hydrogen (secondary N) is 1. The van der Waals surface area contributed by atoms with Gasteiger partial charge in [-0.05, 0) is 40.5 Å². The molecule has 0 saturated carbocycles.